The van der Waals surface area contributed by atoms with E-state index in [1.54, 1.807) is 18.3 Å². The number of para-hydroxylation sites is 1. The fourth-order valence-corrected chi connectivity index (χ4v) is 1.91. The molecule has 0 aliphatic rings. The van der Waals surface area contributed by atoms with Crippen LogP contribution in [-0.2, 0) is 12.8 Å². The van der Waals surface area contributed by atoms with Gasteiger partial charge in [-0.2, -0.15) is 0 Å². The molecule has 0 radical (unpaired) electrons. The molecule has 0 fully saturated rings. The third kappa shape index (κ3) is 3.57. The van der Waals surface area contributed by atoms with Crippen molar-refractivity contribution in [2.45, 2.75) is 25.4 Å². The number of nitrogens with zero attached hydrogens (tertiary/aromatic N) is 1. The van der Waals surface area contributed by atoms with E-state index in [4.69, 9.17) is 0 Å². The van der Waals surface area contributed by atoms with Gasteiger partial charge in [-0.3, -0.25) is 4.98 Å². The number of hydrogen-bond acceptors (Lipinski definition) is 3. The number of aromatic nitrogens is 1. The van der Waals surface area contributed by atoms with Crippen LogP contribution < -0.4 is 0 Å². The van der Waals surface area contributed by atoms with E-state index in [1.807, 2.05) is 30.3 Å². The lowest BCUT2D eigenvalue weighted by atomic mass is 10.0. The number of aliphatic hydroxyl groups is 1. The second-order valence-corrected chi connectivity index (χ2v) is 4.35. The Bertz CT molecular complexity index is 485. The fraction of sp³-hybridized carbons (Fsp3) is 0.267. The lowest BCUT2D eigenvalue weighted by Gasteiger charge is -2.10. The minimum absolute atomic E-state index is 0.294. The van der Waals surface area contributed by atoms with Crippen LogP contribution in [-0.4, -0.2) is 21.3 Å². The highest BCUT2D eigenvalue weighted by molar-refractivity contribution is 5.31. The van der Waals surface area contributed by atoms with Gasteiger partial charge < -0.3 is 10.2 Å². The molecule has 2 rings (SSSR count). The monoisotopic (exact) mass is 243 g/mol. The second-order valence-electron chi connectivity index (χ2n) is 4.35. The van der Waals surface area contributed by atoms with E-state index < -0.39 is 6.10 Å². The molecule has 0 saturated heterocycles. The molecule has 0 unspecified atom stereocenters. The van der Waals surface area contributed by atoms with Gasteiger partial charge in [-0.05, 0) is 36.6 Å². The molecule has 18 heavy (non-hydrogen) atoms. The van der Waals surface area contributed by atoms with Crippen LogP contribution in [0.15, 0.2) is 48.7 Å². The van der Waals surface area contributed by atoms with Crippen molar-refractivity contribution in [2.24, 2.45) is 0 Å². The van der Waals surface area contributed by atoms with E-state index in [0.717, 1.165) is 11.3 Å². The number of phenolic OH excluding ortho intramolecular Hbond substituents is 1. The summed E-state index contributed by atoms with van der Waals surface area (Å²) in [6, 6.07) is 12.9. The molecule has 3 heteroatoms. The first kappa shape index (κ1) is 12.6. The lowest BCUT2D eigenvalue weighted by molar-refractivity contribution is 0.164. The standard InChI is InChI=1S/C15H17NO2/c17-14(11-13-6-3-4-10-16-13)9-8-12-5-1-2-7-15(12)18/h1-7,10,14,17-18H,8-9,11H2/t14-/m0/s1. The normalized spacial score (nSPS) is 12.3. The molecular weight excluding hydrogens is 226 g/mol. The third-order valence-electron chi connectivity index (χ3n) is 2.91. The zero-order valence-electron chi connectivity index (χ0n) is 10.2. The summed E-state index contributed by atoms with van der Waals surface area (Å²) in [7, 11) is 0. The Kier molecular flexibility index (Phi) is 4.31. The van der Waals surface area contributed by atoms with Crippen molar-refractivity contribution in [3.05, 3.63) is 59.9 Å². The van der Waals surface area contributed by atoms with Crippen LogP contribution in [0.5, 0.6) is 5.75 Å². The molecule has 2 aromatic rings. The number of pyridine rings is 1. The number of aryl methyl sites for hydroxylation is 1. The minimum Gasteiger partial charge on any atom is -0.508 e. The van der Waals surface area contributed by atoms with Gasteiger partial charge in [0, 0.05) is 18.3 Å². The number of aliphatic hydroxyl groups excluding tert-OH is 1. The van der Waals surface area contributed by atoms with Crippen LogP contribution in [0.25, 0.3) is 0 Å². The molecule has 1 atom stereocenters. The smallest absolute Gasteiger partial charge is 0.118 e. The molecule has 0 aliphatic carbocycles. The molecule has 1 aromatic heterocycles. The Balaban J connectivity index is 1.86. The first-order valence-corrected chi connectivity index (χ1v) is 6.10. The summed E-state index contributed by atoms with van der Waals surface area (Å²) < 4.78 is 0. The molecule has 2 N–H and O–H groups in total. The number of phenols is 1. The Labute approximate surface area is 107 Å². The predicted molar refractivity (Wildman–Crippen MR) is 70.4 cm³/mol. The zero-order chi connectivity index (χ0) is 12.8. The first-order valence-electron chi connectivity index (χ1n) is 6.10. The topological polar surface area (TPSA) is 53.4 Å². The molecule has 0 bridgehead atoms. The second kappa shape index (κ2) is 6.17. The van der Waals surface area contributed by atoms with Crippen LogP contribution in [0.3, 0.4) is 0 Å². The fourth-order valence-electron chi connectivity index (χ4n) is 1.91. The predicted octanol–water partition coefficient (Wildman–Crippen LogP) is 2.32. The van der Waals surface area contributed by atoms with Crippen LogP contribution in [0.2, 0.25) is 0 Å². The largest absolute Gasteiger partial charge is 0.508 e. The summed E-state index contributed by atoms with van der Waals surface area (Å²) in [5.41, 5.74) is 1.76. The van der Waals surface area contributed by atoms with Crippen LogP contribution in [0, 0.1) is 0 Å². The summed E-state index contributed by atoms with van der Waals surface area (Å²) in [6.45, 7) is 0. The Morgan fingerprint density at radius 2 is 1.83 bits per heavy atom. The summed E-state index contributed by atoms with van der Waals surface area (Å²) in [4.78, 5) is 4.18. The Hall–Kier alpha value is -1.87. The van der Waals surface area contributed by atoms with Gasteiger partial charge in [0.15, 0.2) is 0 Å². The van der Waals surface area contributed by atoms with Gasteiger partial charge in [0.05, 0.1) is 6.10 Å². The maximum absolute atomic E-state index is 9.93. The summed E-state index contributed by atoms with van der Waals surface area (Å²) >= 11 is 0. The van der Waals surface area contributed by atoms with Crippen molar-refractivity contribution < 1.29 is 10.2 Å². The average molecular weight is 243 g/mol. The molecule has 0 spiro atoms. The van der Waals surface area contributed by atoms with Gasteiger partial charge in [0.2, 0.25) is 0 Å². The lowest BCUT2D eigenvalue weighted by Crippen LogP contribution is -2.12. The number of hydrogen-bond donors (Lipinski definition) is 2. The highest BCUT2D eigenvalue weighted by Crippen LogP contribution is 2.18. The molecule has 0 aliphatic heterocycles. The number of benzene rings is 1. The molecule has 1 heterocycles. The van der Waals surface area contributed by atoms with Gasteiger partial charge in [-0.1, -0.05) is 24.3 Å². The average Bonchev–Trinajstić information content (AvgIpc) is 2.39. The van der Waals surface area contributed by atoms with Crippen molar-refractivity contribution in [1.82, 2.24) is 4.98 Å². The van der Waals surface area contributed by atoms with Gasteiger partial charge in [0.1, 0.15) is 5.75 Å². The SMILES string of the molecule is Oc1ccccc1CC[C@H](O)Cc1ccccn1. The Morgan fingerprint density at radius 1 is 1.06 bits per heavy atom. The van der Waals surface area contributed by atoms with Crippen LogP contribution in [0.4, 0.5) is 0 Å². The van der Waals surface area contributed by atoms with Gasteiger partial charge in [0.25, 0.3) is 0 Å². The zero-order valence-corrected chi connectivity index (χ0v) is 10.2. The summed E-state index contributed by atoms with van der Waals surface area (Å²) in [5.74, 6) is 0.294. The van der Waals surface area contributed by atoms with E-state index in [1.165, 1.54) is 0 Å². The molecule has 94 valence electrons. The van der Waals surface area contributed by atoms with Crippen molar-refractivity contribution in [2.75, 3.05) is 0 Å². The van der Waals surface area contributed by atoms with Crippen molar-refractivity contribution in [3.63, 3.8) is 0 Å². The Morgan fingerprint density at radius 3 is 2.56 bits per heavy atom. The van der Waals surface area contributed by atoms with E-state index in [0.29, 0.717) is 25.0 Å². The minimum atomic E-state index is -0.431. The van der Waals surface area contributed by atoms with E-state index in [2.05, 4.69) is 4.98 Å². The third-order valence-corrected chi connectivity index (χ3v) is 2.91. The summed E-state index contributed by atoms with van der Waals surface area (Å²) in [6.07, 6.45) is 3.13. The van der Waals surface area contributed by atoms with Gasteiger partial charge in [-0.15, -0.1) is 0 Å². The highest BCUT2D eigenvalue weighted by Gasteiger charge is 2.08. The quantitative estimate of drug-likeness (QED) is 0.847. The highest BCUT2D eigenvalue weighted by atomic mass is 16.3. The van der Waals surface area contributed by atoms with Crippen molar-refractivity contribution in [3.8, 4) is 5.75 Å². The number of rotatable bonds is 5. The molecule has 0 amide bonds. The van der Waals surface area contributed by atoms with E-state index in [-0.39, 0.29) is 0 Å². The first-order chi connectivity index (χ1) is 8.75. The molecule has 3 nitrogen and oxygen atoms in total. The van der Waals surface area contributed by atoms with Gasteiger partial charge >= 0.3 is 0 Å². The van der Waals surface area contributed by atoms with E-state index >= 15 is 0 Å². The van der Waals surface area contributed by atoms with Crippen molar-refractivity contribution in [1.29, 1.82) is 0 Å². The van der Waals surface area contributed by atoms with Crippen LogP contribution >= 0.6 is 0 Å². The molecule has 0 saturated carbocycles. The maximum Gasteiger partial charge on any atom is 0.118 e. The summed E-state index contributed by atoms with van der Waals surface area (Å²) in [5, 5.41) is 19.6. The maximum atomic E-state index is 9.93. The van der Waals surface area contributed by atoms with Crippen LogP contribution in [0.1, 0.15) is 17.7 Å². The van der Waals surface area contributed by atoms with Gasteiger partial charge in [-0.25, -0.2) is 0 Å². The molecular formula is C15H17NO2. The van der Waals surface area contributed by atoms with Crippen molar-refractivity contribution >= 4 is 0 Å². The number of aromatic hydroxyl groups is 1. The molecule has 1 aromatic carbocycles. The van der Waals surface area contributed by atoms with E-state index in [9.17, 15) is 10.2 Å².